The number of hydrogen-bond acceptors (Lipinski definition) is 2. The molecule has 0 saturated heterocycles. The van der Waals surface area contributed by atoms with Crippen molar-refractivity contribution in [2.45, 2.75) is 33.6 Å². The quantitative estimate of drug-likeness (QED) is 0.101. The molecule has 3 aromatic heterocycles. The largest absolute Gasteiger partial charge is 0.510 e. The number of fused-ring (bicyclic) bond motifs is 4. The van der Waals surface area contributed by atoms with Crippen LogP contribution in [0.5, 0.6) is 11.5 Å². The monoisotopic (exact) mass is 1030 g/mol. The number of ether oxygens (including phenoxy) is 1. The zero-order valence-electron chi connectivity index (χ0n) is 37.1. The van der Waals surface area contributed by atoms with Crippen LogP contribution in [0.15, 0.2) is 194 Å². The summed E-state index contributed by atoms with van der Waals surface area (Å²) in [4.78, 5) is 4.95. The second kappa shape index (κ2) is 17.9. The van der Waals surface area contributed by atoms with E-state index in [0.29, 0.717) is 23.3 Å². The molecule has 0 fully saturated rings. The number of nitrogens with zero attached hydrogens (tertiary/aromatic N) is 4. The first kappa shape index (κ1) is 42.6. The molecule has 0 aliphatic heterocycles. The predicted octanol–water partition coefficient (Wildman–Crippen LogP) is 14.7. The number of pyridine rings is 1. The number of aromatic nitrogens is 4. The first-order valence-corrected chi connectivity index (χ1v) is 22.3. The van der Waals surface area contributed by atoms with Gasteiger partial charge in [0.05, 0.1) is 16.7 Å². The smallest absolute Gasteiger partial charge is 0.268 e. The maximum Gasteiger partial charge on any atom is 0.268 e. The van der Waals surface area contributed by atoms with Crippen molar-refractivity contribution >= 4 is 32.8 Å². The van der Waals surface area contributed by atoms with E-state index in [-0.39, 0.29) is 21.1 Å². The Kier molecular flexibility index (Phi) is 11.6. The molecule has 8 aromatic carbocycles. The molecule has 0 radical (unpaired) electrons. The van der Waals surface area contributed by atoms with Crippen LogP contribution in [-0.2, 0) is 21.1 Å². The van der Waals surface area contributed by atoms with Gasteiger partial charge < -0.3 is 13.9 Å². The van der Waals surface area contributed by atoms with Crippen molar-refractivity contribution < 1.29 is 30.4 Å². The van der Waals surface area contributed by atoms with E-state index in [9.17, 15) is 0 Å². The number of aryl methyl sites for hydroxylation is 1. The van der Waals surface area contributed by atoms with Crippen molar-refractivity contribution in [2.24, 2.45) is 5.92 Å². The third-order valence-corrected chi connectivity index (χ3v) is 12.8. The summed E-state index contributed by atoms with van der Waals surface area (Å²) < 4.78 is 13.3. The first-order chi connectivity index (χ1) is 31.9. The molecule has 0 aliphatic rings. The maximum absolute atomic E-state index is 6.72. The zero-order valence-corrected chi connectivity index (χ0v) is 39.4. The van der Waals surface area contributed by atoms with Crippen LogP contribution in [0.2, 0.25) is 0 Å². The Morgan fingerprint density at radius 3 is 1.91 bits per heavy atom. The fourth-order valence-corrected chi connectivity index (χ4v) is 9.15. The van der Waals surface area contributed by atoms with E-state index in [1.165, 1.54) is 11.1 Å². The Bertz CT molecular complexity index is 3460. The molecule has 5 nitrogen and oxygen atoms in total. The molecule has 1 atom stereocenters. The topological polar surface area (TPSA) is 35.9 Å². The summed E-state index contributed by atoms with van der Waals surface area (Å²) in [5, 5.41) is 2.20. The molecule has 11 rings (SSSR count). The minimum absolute atomic E-state index is 0. The normalized spacial score (nSPS) is 11.9. The molecular weight excluding hydrogens is 988 g/mol. The number of para-hydroxylation sites is 2. The van der Waals surface area contributed by atoms with Crippen LogP contribution in [0.4, 0.5) is 0 Å². The van der Waals surface area contributed by atoms with Gasteiger partial charge in [0.15, 0.2) is 0 Å². The van der Waals surface area contributed by atoms with Crippen molar-refractivity contribution in [1.82, 2.24) is 14.1 Å². The van der Waals surface area contributed by atoms with Crippen molar-refractivity contribution in [3.63, 3.8) is 0 Å². The van der Waals surface area contributed by atoms with Crippen LogP contribution in [-0.4, -0.2) is 14.1 Å². The Balaban J connectivity index is 0.00000511. The van der Waals surface area contributed by atoms with Gasteiger partial charge in [0, 0.05) is 44.3 Å². The molecule has 3 heterocycles. The Morgan fingerprint density at radius 1 is 0.561 bits per heavy atom. The average molecular weight is 1030 g/mol. The molecular formula is C60H46N4OPt-2. The SMILES string of the molecule is Cc1cccc2c1[n+](-c1c(-c3ccccc3)cccc1-c1ccccc1)[c-]n2-c1[c-]c(Oc2[c-]c3c(cc2)c2cc(-c4ccccc4)ccc2n3-c2cc(C(C)C(C)C)ccn2)ccc1.[Pt]. The third-order valence-electron chi connectivity index (χ3n) is 12.8. The van der Waals surface area contributed by atoms with E-state index in [1.54, 1.807) is 0 Å². The Labute approximate surface area is 400 Å². The molecule has 0 saturated carbocycles. The summed E-state index contributed by atoms with van der Waals surface area (Å²) >= 11 is 0. The Morgan fingerprint density at radius 2 is 1.21 bits per heavy atom. The number of rotatable bonds is 10. The first-order valence-electron chi connectivity index (χ1n) is 22.3. The van der Waals surface area contributed by atoms with Gasteiger partial charge in [0.2, 0.25) is 0 Å². The van der Waals surface area contributed by atoms with Crippen molar-refractivity contribution in [2.75, 3.05) is 0 Å². The molecule has 0 N–H and O–H groups in total. The summed E-state index contributed by atoms with van der Waals surface area (Å²) in [5.74, 6) is 2.87. The van der Waals surface area contributed by atoms with Gasteiger partial charge in [0.1, 0.15) is 5.82 Å². The fraction of sp³-hybridized carbons (Fsp3) is 0.100. The van der Waals surface area contributed by atoms with Gasteiger partial charge in [-0.2, -0.15) is 18.2 Å². The average Bonchev–Trinajstić information content (AvgIpc) is 3.91. The van der Waals surface area contributed by atoms with E-state index in [2.05, 4.69) is 230 Å². The van der Waals surface area contributed by atoms with E-state index in [0.717, 1.165) is 83.4 Å². The minimum Gasteiger partial charge on any atom is -0.510 e. The van der Waals surface area contributed by atoms with E-state index in [4.69, 9.17) is 9.72 Å². The molecule has 11 aromatic rings. The molecule has 6 heteroatoms. The predicted molar refractivity (Wildman–Crippen MR) is 264 cm³/mol. The van der Waals surface area contributed by atoms with Crippen LogP contribution in [0.3, 0.4) is 0 Å². The van der Waals surface area contributed by atoms with Crippen molar-refractivity contribution in [3.05, 3.63) is 224 Å². The van der Waals surface area contributed by atoms with Gasteiger partial charge in [0.25, 0.3) is 6.33 Å². The van der Waals surface area contributed by atoms with Crippen LogP contribution >= 0.6 is 0 Å². The zero-order chi connectivity index (χ0) is 44.0. The van der Waals surface area contributed by atoms with Gasteiger partial charge in [-0.1, -0.05) is 166 Å². The second-order valence-electron chi connectivity index (χ2n) is 17.1. The van der Waals surface area contributed by atoms with Crippen LogP contribution in [0.25, 0.3) is 83.4 Å². The minimum atomic E-state index is 0. The third kappa shape index (κ3) is 7.74. The number of imidazole rings is 1. The van der Waals surface area contributed by atoms with Crippen molar-refractivity contribution in [1.29, 1.82) is 0 Å². The van der Waals surface area contributed by atoms with Gasteiger partial charge in [-0.15, -0.1) is 29.7 Å². The summed E-state index contributed by atoms with van der Waals surface area (Å²) in [6.07, 6.45) is 5.73. The van der Waals surface area contributed by atoms with Gasteiger partial charge in [-0.05, 0) is 92.5 Å². The van der Waals surface area contributed by atoms with Gasteiger partial charge in [-0.3, -0.25) is 4.57 Å². The summed E-state index contributed by atoms with van der Waals surface area (Å²) in [5.41, 5.74) is 15.1. The molecule has 0 amide bonds. The summed E-state index contributed by atoms with van der Waals surface area (Å²) in [7, 11) is 0. The van der Waals surface area contributed by atoms with Gasteiger partial charge in [-0.25, -0.2) is 4.98 Å². The number of hydrogen-bond donors (Lipinski definition) is 0. The van der Waals surface area contributed by atoms with E-state index in [1.807, 2.05) is 24.4 Å². The molecule has 0 aliphatic carbocycles. The molecule has 66 heavy (non-hydrogen) atoms. The standard InChI is InChI=1S/C60H46N4O.Pt/c1-40(2)42(4)46-33-34-61-58(36-46)64-55-32-29-47(43-18-8-5-9-19-43)35-54(55)53-31-30-50(38-57(53)64)65-49-25-15-24-48(37-49)62-39-63(59-41(3)17-14-28-56(59)62)60-51(44-20-10-6-11-21-44)26-16-27-52(60)45-22-12-7-13-23-45;/h5-36,40,42H,1-4H3;/q-2;. The van der Waals surface area contributed by atoms with Crippen LogP contribution in [0, 0.1) is 31.3 Å². The maximum atomic E-state index is 6.72. The summed E-state index contributed by atoms with van der Waals surface area (Å²) in [6, 6.07) is 73.2. The van der Waals surface area contributed by atoms with E-state index < -0.39 is 0 Å². The number of benzene rings is 8. The fourth-order valence-electron chi connectivity index (χ4n) is 9.15. The molecule has 1 unspecified atom stereocenters. The van der Waals surface area contributed by atoms with Gasteiger partial charge >= 0.3 is 0 Å². The Hall–Kier alpha value is -7.33. The summed E-state index contributed by atoms with van der Waals surface area (Å²) in [6.45, 7) is 8.98. The second-order valence-corrected chi connectivity index (χ2v) is 17.1. The van der Waals surface area contributed by atoms with Crippen LogP contribution in [0.1, 0.15) is 37.8 Å². The molecule has 324 valence electrons. The van der Waals surface area contributed by atoms with Crippen molar-refractivity contribution in [3.8, 4) is 62.1 Å². The molecule has 0 spiro atoms. The van der Waals surface area contributed by atoms with E-state index >= 15 is 0 Å². The molecule has 0 bridgehead atoms. The van der Waals surface area contributed by atoms with Crippen LogP contribution < -0.4 is 9.30 Å².